The van der Waals surface area contributed by atoms with E-state index in [0.717, 1.165) is 43.2 Å². The van der Waals surface area contributed by atoms with E-state index in [-0.39, 0.29) is 11.6 Å². The summed E-state index contributed by atoms with van der Waals surface area (Å²) in [6, 6.07) is 15.5. The smallest absolute Gasteiger partial charge is 0.194 e. The molecule has 0 N–H and O–H groups in total. The summed E-state index contributed by atoms with van der Waals surface area (Å²) in [6.07, 6.45) is 4.27. The molecule has 0 unspecified atom stereocenters. The number of carbonyl (C=O) groups excluding carboxylic acids is 2. The number of rotatable bonds is 17. The van der Waals surface area contributed by atoms with Crippen LogP contribution in [-0.4, -0.2) is 42.6 Å². The molecule has 2 aromatic rings. The molecular weight excluding hydrogens is 476 g/mol. The number of hydrogen-bond acceptors (Lipinski definition) is 5. The molecule has 5 nitrogen and oxygen atoms in total. The van der Waals surface area contributed by atoms with Crippen molar-refractivity contribution in [3.8, 4) is 0 Å². The average Bonchev–Trinajstić information content (AvgIpc) is 2.92. The van der Waals surface area contributed by atoms with Gasteiger partial charge in [-0.05, 0) is 64.5 Å². The van der Waals surface area contributed by atoms with Crippen molar-refractivity contribution in [1.82, 2.24) is 0 Å². The number of ether oxygens (including phenoxy) is 3. The van der Waals surface area contributed by atoms with Gasteiger partial charge in [-0.1, -0.05) is 82.6 Å². The maximum Gasteiger partial charge on any atom is 0.194 e. The molecule has 0 fully saturated rings. The predicted octanol–water partition coefficient (Wildman–Crippen LogP) is 7.93. The van der Waals surface area contributed by atoms with Gasteiger partial charge in [-0.2, -0.15) is 0 Å². The van der Waals surface area contributed by atoms with Crippen LogP contribution >= 0.6 is 0 Å². The van der Waals surface area contributed by atoms with Crippen LogP contribution in [0.15, 0.2) is 48.5 Å². The highest BCUT2D eigenvalue weighted by Gasteiger charge is 2.36. The van der Waals surface area contributed by atoms with E-state index in [1.54, 1.807) is 0 Å². The van der Waals surface area contributed by atoms with Gasteiger partial charge in [0.1, 0.15) is 16.8 Å². The number of benzene rings is 2. The van der Waals surface area contributed by atoms with Crippen molar-refractivity contribution in [3.05, 3.63) is 70.8 Å². The van der Waals surface area contributed by atoms with Crippen LogP contribution in [0.1, 0.15) is 119 Å². The largest absolute Gasteiger partial charge is 0.367 e. The first-order chi connectivity index (χ1) is 18.0. The van der Waals surface area contributed by atoms with Crippen molar-refractivity contribution in [2.24, 2.45) is 0 Å². The minimum Gasteiger partial charge on any atom is -0.367 e. The fourth-order valence-electron chi connectivity index (χ4n) is 4.64. The lowest BCUT2D eigenvalue weighted by Gasteiger charge is -2.35. The van der Waals surface area contributed by atoms with Crippen molar-refractivity contribution in [3.63, 3.8) is 0 Å². The summed E-state index contributed by atoms with van der Waals surface area (Å²) in [5.74, 6) is -0.0762. The number of carbonyl (C=O) groups is 2. The van der Waals surface area contributed by atoms with Crippen molar-refractivity contribution in [2.75, 3.05) is 19.8 Å². The van der Waals surface area contributed by atoms with Gasteiger partial charge in [0, 0.05) is 30.9 Å². The number of ketones is 2. The van der Waals surface area contributed by atoms with Crippen LogP contribution in [0, 0.1) is 0 Å². The van der Waals surface area contributed by atoms with Gasteiger partial charge in [-0.15, -0.1) is 0 Å². The fourth-order valence-corrected chi connectivity index (χ4v) is 4.64. The Labute approximate surface area is 230 Å². The molecule has 0 saturated carbocycles. The SMILES string of the molecule is CCCOC(C)(C)C(=O)c1ccc(C(CCC)(OCCC)c2ccc(C(=O)C(C)(C)OCCC)cc2)cc1. The maximum atomic E-state index is 13.2. The lowest BCUT2D eigenvalue weighted by Crippen LogP contribution is -2.36. The standard InChI is InChI=1S/C33H48O5/c1-9-21-33(38-24-12-4,27-17-13-25(14-18-27)29(34)31(5,6)36-22-10-2)28-19-15-26(16-20-28)30(35)32(7,8)37-23-11-3/h13-20H,9-12,21-24H2,1-8H3. The molecule has 0 aromatic heterocycles. The molecule has 0 aliphatic carbocycles. The van der Waals surface area contributed by atoms with Gasteiger partial charge in [0.25, 0.3) is 0 Å². The molecular formula is C33H48O5. The molecule has 0 aliphatic rings. The van der Waals surface area contributed by atoms with Crippen LogP contribution in [0.3, 0.4) is 0 Å². The second-order valence-electron chi connectivity index (χ2n) is 11.0. The summed E-state index contributed by atoms with van der Waals surface area (Å²) in [5.41, 5.74) is 0.763. The Hall–Kier alpha value is -2.34. The summed E-state index contributed by atoms with van der Waals surface area (Å²) in [5, 5.41) is 0. The number of hydrogen-bond donors (Lipinski definition) is 0. The minimum absolute atomic E-state index is 0.0381. The highest BCUT2D eigenvalue weighted by molar-refractivity contribution is 6.02. The Kier molecular flexibility index (Phi) is 11.9. The van der Waals surface area contributed by atoms with Crippen LogP contribution < -0.4 is 0 Å². The van der Waals surface area contributed by atoms with Gasteiger partial charge in [0.15, 0.2) is 11.6 Å². The van der Waals surface area contributed by atoms with E-state index in [9.17, 15) is 9.59 Å². The van der Waals surface area contributed by atoms with Crippen LogP contribution in [0.4, 0.5) is 0 Å². The Bertz CT molecular complexity index is 943. The third kappa shape index (κ3) is 7.62. The quantitative estimate of drug-likeness (QED) is 0.197. The van der Waals surface area contributed by atoms with Gasteiger partial charge in [0.05, 0.1) is 0 Å². The maximum absolute atomic E-state index is 13.2. The Morgan fingerprint density at radius 1 is 0.553 bits per heavy atom. The van der Waals surface area contributed by atoms with Crippen LogP contribution in [-0.2, 0) is 19.8 Å². The molecule has 0 saturated heterocycles. The molecule has 0 bridgehead atoms. The summed E-state index contributed by atoms with van der Waals surface area (Å²) < 4.78 is 18.3. The topological polar surface area (TPSA) is 61.8 Å². The summed E-state index contributed by atoms with van der Waals surface area (Å²) in [6.45, 7) is 17.3. The van der Waals surface area contributed by atoms with Gasteiger partial charge >= 0.3 is 0 Å². The second kappa shape index (κ2) is 14.2. The first kappa shape index (κ1) is 31.9. The van der Waals surface area contributed by atoms with Crippen LogP contribution in [0.5, 0.6) is 0 Å². The molecule has 0 aliphatic heterocycles. The molecule has 0 amide bonds. The first-order valence-corrected chi connectivity index (χ1v) is 14.2. The fraction of sp³-hybridized carbons (Fsp3) is 0.576. The molecule has 0 radical (unpaired) electrons. The van der Waals surface area contributed by atoms with Gasteiger partial charge in [0.2, 0.25) is 0 Å². The van der Waals surface area contributed by atoms with E-state index < -0.39 is 16.8 Å². The van der Waals surface area contributed by atoms with Crippen molar-refractivity contribution in [2.45, 2.75) is 104 Å². The van der Waals surface area contributed by atoms with Crippen molar-refractivity contribution >= 4 is 11.6 Å². The lowest BCUT2D eigenvalue weighted by atomic mass is 9.81. The lowest BCUT2D eigenvalue weighted by molar-refractivity contribution is -0.0252. The van der Waals surface area contributed by atoms with Gasteiger partial charge in [-0.3, -0.25) is 9.59 Å². The predicted molar refractivity (Wildman–Crippen MR) is 154 cm³/mol. The van der Waals surface area contributed by atoms with E-state index in [0.29, 0.717) is 30.9 Å². The van der Waals surface area contributed by atoms with E-state index in [1.807, 2.05) is 90.1 Å². The molecule has 2 rings (SSSR count). The van der Waals surface area contributed by atoms with Crippen molar-refractivity contribution < 1.29 is 23.8 Å². The second-order valence-corrected chi connectivity index (χ2v) is 11.0. The molecule has 0 spiro atoms. The van der Waals surface area contributed by atoms with E-state index >= 15 is 0 Å². The molecule has 0 atom stereocenters. The van der Waals surface area contributed by atoms with Crippen LogP contribution in [0.25, 0.3) is 0 Å². The number of Topliss-reactive ketones (excluding diaryl/α,β-unsaturated/α-hetero) is 2. The van der Waals surface area contributed by atoms with Crippen molar-refractivity contribution in [1.29, 1.82) is 0 Å². The minimum atomic E-state index is -0.881. The van der Waals surface area contributed by atoms with Gasteiger partial charge < -0.3 is 14.2 Å². The Morgan fingerprint density at radius 2 is 0.895 bits per heavy atom. The third-order valence-electron chi connectivity index (χ3n) is 6.81. The first-order valence-electron chi connectivity index (χ1n) is 14.2. The summed E-state index contributed by atoms with van der Waals surface area (Å²) in [4.78, 5) is 26.3. The molecule has 2 aromatic carbocycles. The summed E-state index contributed by atoms with van der Waals surface area (Å²) >= 11 is 0. The van der Waals surface area contributed by atoms with E-state index in [2.05, 4.69) is 13.8 Å². The zero-order valence-corrected chi connectivity index (χ0v) is 24.8. The van der Waals surface area contributed by atoms with E-state index in [1.165, 1.54) is 0 Å². The molecule has 0 heterocycles. The third-order valence-corrected chi connectivity index (χ3v) is 6.81. The zero-order valence-electron chi connectivity index (χ0n) is 24.8. The zero-order chi connectivity index (χ0) is 28.4. The highest BCUT2D eigenvalue weighted by Crippen LogP contribution is 2.39. The summed E-state index contributed by atoms with van der Waals surface area (Å²) in [7, 11) is 0. The Balaban J connectivity index is 2.46. The molecule has 38 heavy (non-hydrogen) atoms. The Morgan fingerprint density at radius 3 is 1.21 bits per heavy atom. The van der Waals surface area contributed by atoms with Gasteiger partial charge in [-0.25, -0.2) is 0 Å². The van der Waals surface area contributed by atoms with Crippen LogP contribution in [0.2, 0.25) is 0 Å². The average molecular weight is 525 g/mol. The monoisotopic (exact) mass is 524 g/mol. The molecule has 5 heteroatoms. The van der Waals surface area contributed by atoms with E-state index in [4.69, 9.17) is 14.2 Å². The normalized spacial score (nSPS) is 12.5. The molecule has 210 valence electrons. The highest BCUT2D eigenvalue weighted by atomic mass is 16.5.